The molecule has 3 rings (SSSR count). The first kappa shape index (κ1) is 22.4. The van der Waals surface area contributed by atoms with Crippen LogP contribution in [0.25, 0.3) is 10.2 Å². The number of amides is 1. The van der Waals surface area contributed by atoms with Crippen molar-refractivity contribution in [3.05, 3.63) is 57.9 Å². The second-order valence-corrected chi connectivity index (χ2v) is 10.3. The Bertz CT molecular complexity index is 1240. The van der Waals surface area contributed by atoms with Gasteiger partial charge in [-0.2, -0.15) is 4.99 Å². The van der Waals surface area contributed by atoms with Crippen LogP contribution < -0.4 is 4.80 Å². The first-order valence-corrected chi connectivity index (χ1v) is 12.4. The van der Waals surface area contributed by atoms with Gasteiger partial charge in [0.25, 0.3) is 5.91 Å². The lowest BCUT2D eigenvalue weighted by molar-refractivity contribution is -0.117. The number of thiazole rings is 1. The van der Waals surface area contributed by atoms with Crippen molar-refractivity contribution in [2.75, 3.05) is 19.5 Å². The highest BCUT2D eigenvalue weighted by atomic mass is 32.2. The maximum Gasteiger partial charge on any atom is 0.252 e. The summed E-state index contributed by atoms with van der Waals surface area (Å²) in [5.74, 6) is -0.270. The van der Waals surface area contributed by atoms with Gasteiger partial charge in [-0.3, -0.25) is 4.79 Å². The minimum Gasteiger partial charge on any atom is -0.380 e. The van der Waals surface area contributed by atoms with Gasteiger partial charge in [0.05, 0.1) is 28.1 Å². The fourth-order valence-corrected chi connectivity index (χ4v) is 5.04. The third-order valence-corrected chi connectivity index (χ3v) is 7.06. The molecule has 0 saturated heterocycles. The molecular weight excluding hydrogens is 420 g/mol. The number of fused-ring (bicyclic) bond motifs is 1. The van der Waals surface area contributed by atoms with Gasteiger partial charge in [-0.15, -0.1) is 0 Å². The van der Waals surface area contributed by atoms with Gasteiger partial charge >= 0.3 is 0 Å². The zero-order valence-corrected chi connectivity index (χ0v) is 19.3. The van der Waals surface area contributed by atoms with E-state index in [1.807, 2.05) is 11.5 Å². The van der Waals surface area contributed by atoms with Crippen LogP contribution in [-0.4, -0.2) is 38.4 Å². The van der Waals surface area contributed by atoms with Gasteiger partial charge in [0.1, 0.15) is 0 Å². The lowest BCUT2D eigenvalue weighted by Gasteiger charge is -2.07. The molecule has 0 bridgehead atoms. The average molecular weight is 447 g/mol. The summed E-state index contributed by atoms with van der Waals surface area (Å²) in [5, 5.41) is 0. The Hall–Kier alpha value is -2.29. The zero-order chi connectivity index (χ0) is 21.9. The molecule has 0 aliphatic carbocycles. The first-order valence-electron chi connectivity index (χ1n) is 9.74. The van der Waals surface area contributed by atoms with E-state index in [2.05, 4.69) is 31.0 Å². The molecule has 0 spiro atoms. The minimum atomic E-state index is -3.26. The van der Waals surface area contributed by atoms with Gasteiger partial charge in [-0.1, -0.05) is 29.5 Å². The molecule has 0 aliphatic heterocycles. The van der Waals surface area contributed by atoms with Crippen LogP contribution in [0, 0.1) is 13.8 Å². The molecule has 0 fully saturated rings. The number of rotatable bonds is 7. The van der Waals surface area contributed by atoms with Crippen molar-refractivity contribution < 1.29 is 17.9 Å². The molecule has 2 aromatic carbocycles. The molecule has 1 heterocycles. The monoisotopic (exact) mass is 446 g/mol. The predicted octanol–water partition coefficient (Wildman–Crippen LogP) is 3.43. The van der Waals surface area contributed by atoms with Crippen molar-refractivity contribution in [1.29, 1.82) is 0 Å². The van der Waals surface area contributed by atoms with Crippen LogP contribution in [0.1, 0.15) is 23.6 Å². The van der Waals surface area contributed by atoms with Crippen molar-refractivity contribution >= 4 is 37.3 Å². The Morgan fingerprint density at radius 1 is 1.17 bits per heavy atom. The number of aromatic nitrogens is 1. The summed E-state index contributed by atoms with van der Waals surface area (Å²) in [4.78, 5) is 17.9. The van der Waals surface area contributed by atoms with Gasteiger partial charge in [-0.25, -0.2) is 8.42 Å². The molecule has 6 nitrogen and oxygen atoms in total. The molecule has 30 heavy (non-hydrogen) atoms. The molecule has 0 N–H and O–H groups in total. The van der Waals surface area contributed by atoms with Crippen LogP contribution in [-0.2, 0) is 32.3 Å². The topological polar surface area (TPSA) is 77.7 Å². The molecular formula is C22H26N2O4S2. The van der Waals surface area contributed by atoms with Crippen molar-refractivity contribution in [2.24, 2.45) is 4.99 Å². The summed E-state index contributed by atoms with van der Waals surface area (Å²) in [6.45, 7) is 7.87. The molecule has 0 atom stereocenters. The molecule has 1 aromatic heterocycles. The van der Waals surface area contributed by atoms with Gasteiger partial charge in [0.15, 0.2) is 14.6 Å². The van der Waals surface area contributed by atoms with E-state index < -0.39 is 9.84 Å². The van der Waals surface area contributed by atoms with Crippen LogP contribution in [0.2, 0.25) is 0 Å². The Morgan fingerprint density at radius 2 is 1.87 bits per heavy atom. The lowest BCUT2D eigenvalue weighted by Crippen LogP contribution is -2.20. The molecule has 0 unspecified atom stereocenters. The van der Waals surface area contributed by atoms with Crippen LogP contribution in [0.5, 0.6) is 0 Å². The summed E-state index contributed by atoms with van der Waals surface area (Å²) >= 11 is 1.50. The number of nitrogens with zero attached hydrogens (tertiary/aromatic N) is 2. The van der Waals surface area contributed by atoms with Crippen molar-refractivity contribution in [2.45, 2.75) is 38.6 Å². The zero-order valence-electron chi connectivity index (χ0n) is 17.6. The summed E-state index contributed by atoms with van der Waals surface area (Å²) in [5.41, 5.74) is 4.10. The van der Waals surface area contributed by atoms with Crippen molar-refractivity contribution in [1.82, 2.24) is 4.57 Å². The summed E-state index contributed by atoms with van der Waals surface area (Å²) < 4.78 is 31.9. The van der Waals surface area contributed by atoms with Gasteiger partial charge in [0.2, 0.25) is 0 Å². The van der Waals surface area contributed by atoms with Gasteiger partial charge in [-0.05, 0) is 55.7 Å². The summed E-state index contributed by atoms with van der Waals surface area (Å²) in [6, 6.07) is 10.6. The number of benzene rings is 2. The minimum absolute atomic E-state index is 0.113. The van der Waals surface area contributed by atoms with Crippen molar-refractivity contribution in [3.63, 3.8) is 0 Å². The van der Waals surface area contributed by atoms with Crippen LogP contribution in [0.15, 0.2) is 46.3 Å². The van der Waals surface area contributed by atoms with Gasteiger partial charge < -0.3 is 9.30 Å². The van der Waals surface area contributed by atoms with E-state index in [1.54, 1.807) is 12.1 Å². The SMILES string of the molecule is CCOCCn1c(=NC(=O)Cc2ccc(S(C)(=O)=O)cc2)sc2c(C)cc(C)cc21. The van der Waals surface area contributed by atoms with Crippen LogP contribution in [0.3, 0.4) is 0 Å². The van der Waals surface area contributed by atoms with E-state index in [-0.39, 0.29) is 17.2 Å². The fourth-order valence-electron chi connectivity index (χ4n) is 3.29. The van der Waals surface area contributed by atoms with Crippen molar-refractivity contribution in [3.8, 4) is 0 Å². The van der Waals surface area contributed by atoms with E-state index in [0.29, 0.717) is 24.6 Å². The number of carbonyl (C=O) groups is 1. The Morgan fingerprint density at radius 3 is 2.50 bits per heavy atom. The number of carbonyl (C=O) groups excluding carboxylic acids is 1. The number of hydrogen-bond acceptors (Lipinski definition) is 5. The third kappa shape index (κ3) is 5.24. The molecule has 3 aromatic rings. The Kier molecular flexibility index (Phi) is 6.90. The molecule has 160 valence electrons. The highest BCUT2D eigenvalue weighted by Gasteiger charge is 2.12. The lowest BCUT2D eigenvalue weighted by atomic mass is 10.1. The highest BCUT2D eigenvalue weighted by Crippen LogP contribution is 2.23. The summed E-state index contributed by atoms with van der Waals surface area (Å²) in [6.07, 6.45) is 1.27. The smallest absolute Gasteiger partial charge is 0.252 e. The average Bonchev–Trinajstić information content (AvgIpc) is 2.99. The summed E-state index contributed by atoms with van der Waals surface area (Å²) in [7, 11) is -3.26. The normalized spacial score (nSPS) is 12.6. The van der Waals surface area contributed by atoms with Crippen LogP contribution in [0.4, 0.5) is 0 Å². The number of hydrogen-bond donors (Lipinski definition) is 0. The van der Waals surface area contributed by atoms with E-state index in [4.69, 9.17) is 4.74 Å². The first-order chi connectivity index (χ1) is 14.2. The number of ether oxygens (including phenoxy) is 1. The standard InChI is InChI=1S/C22H26N2O4S2/c1-5-28-11-10-24-19-13-15(2)12-16(3)21(19)29-22(24)23-20(25)14-17-6-8-18(9-7-17)30(4,26)27/h6-9,12-13H,5,10-11,14H2,1-4H3. The van der Waals surface area contributed by atoms with Crippen LogP contribution >= 0.6 is 11.3 Å². The molecule has 0 radical (unpaired) electrons. The highest BCUT2D eigenvalue weighted by molar-refractivity contribution is 7.90. The molecule has 1 amide bonds. The Labute approximate surface area is 180 Å². The molecule has 0 aliphatic rings. The quantitative estimate of drug-likeness (QED) is 0.521. The van der Waals surface area contributed by atoms with E-state index in [0.717, 1.165) is 33.2 Å². The maximum atomic E-state index is 12.7. The number of sulfone groups is 1. The number of aryl methyl sites for hydroxylation is 2. The fraction of sp³-hybridized carbons (Fsp3) is 0.364. The molecule has 8 heteroatoms. The predicted molar refractivity (Wildman–Crippen MR) is 120 cm³/mol. The van der Waals surface area contributed by atoms with E-state index in [1.165, 1.54) is 23.5 Å². The third-order valence-electron chi connectivity index (χ3n) is 4.70. The largest absolute Gasteiger partial charge is 0.380 e. The second-order valence-electron chi connectivity index (χ2n) is 7.26. The van der Waals surface area contributed by atoms with Gasteiger partial charge in [0, 0.05) is 19.4 Å². The maximum absolute atomic E-state index is 12.7. The van der Waals surface area contributed by atoms with E-state index in [9.17, 15) is 13.2 Å². The Balaban J connectivity index is 1.94. The second kappa shape index (κ2) is 9.24. The molecule has 0 saturated carbocycles. The van der Waals surface area contributed by atoms with E-state index >= 15 is 0 Å².